The summed E-state index contributed by atoms with van der Waals surface area (Å²) in [4.78, 5) is 10.8. The molecule has 1 aliphatic heterocycles. The number of aromatic nitrogens is 2. The molecule has 0 N–H and O–H groups in total. The van der Waals surface area contributed by atoms with Crippen LogP contribution in [0.15, 0.2) is 17.0 Å². The Balaban J connectivity index is 1.98. The SMILES string of the molecule is CC(C)(C)C1CN(c2cnc(Br)cn2)C1. The minimum absolute atomic E-state index is 0.402. The van der Waals surface area contributed by atoms with Gasteiger partial charge in [0.1, 0.15) is 10.4 Å². The van der Waals surface area contributed by atoms with Gasteiger partial charge in [0.15, 0.2) is 0 Å². The molecule has 2 heterocycles. The minimum atomic E-state index is 0.402. The first-order valence-corrected chi connectivity index (χ1v) is 5.98. The molecule has 0 atom stereocenters. The summed E-state index contributed by atoms with van der Waals surface area (Å²) in [5, 5.41) is 0. The third-order valence-corrected chi connectivity index (χ3v) is 3.45. The highest BCUT2D eigenvalue weighted by molar-refractivity contribution is 9.10. The Labute approximate surface area is 99.0 Å². The molecule has 0 aromatic carbocycles. The number of nitrogens with zero attached hydrogens (tertiary/aromatic N) is 3. The highest BCUT2D eigenvalue weighted by Crippen LogP contribution is 2.35. The van der Waals surface area contributed by atoms with E-state index in [0.29, 0.717) is 5.41 Å². The summed E-state index contributed by atoms with van der Waals surface area (Å²) in [6.07, 6.45) is 3.57. The van der Waals surface area contributed by atoms with Crippen LogP contribution in [-0.2, 0) is 0 Å². The molecule has 0 spiro atoms. The first-order chi connectivity index (χ1) is 6.97. The van der Waals surface area contributed by atoms with Crippen LogP contribution in [-0.4, -0.2) is 23.1 Å². The van der Waals surface area contributed by atoms with E-state index in [1.807, 2.05) is 6.20 Å². The van der Waals surface area contributed by atoms with Crippen molar-refractivity contribution in [1.82, 2.24) is 9.97 Å². The lowest BCUT2D eigenvalue weighted by atomic mass is 9.76. The Morgan fingerprint density at radius 3 is 2.40 bits per heavy atom. The van der Waals surface area contributed by atoms with Crippen molar-refractivity contribution in [3.05, 3.63) is 17.0 Å². The summed E-state index contributed by atoms with van der Waals surface area (Å²) in [6, 6.07) is 0. The van der Waals surface area contributed by atoms with Crippen molar-refractivity contribution in [3.8, 4) is 0 Å². The summed E-state index contributed by atoms with van der Waals surface area (Å²) in [6.45, 7) is 9.08. The number of halogens is 1. The minimum Gasteiger partial charge on any atom is -0.355 e. The maximum absolute atomic E-state index is 4.33. The van der Waals surface area contributed by atoms with Gasteiger partial charge in [-0.05, 0) is 27.3 Å². The normalized spacial score (nSPS) is 17.7. The van der Waals surface area contributed by atoms with E-state index in [-0.39, 0.29) is 0 Å². The Morgan fingerprint density at radius 2 is 1.93 bits per heavy atom. The Kier molecular flexibility index (Phi) is 2.71. The molecule has 2 rings (SSSR count). The van der Waals surface area contributed by atoms with E-state index in [9.17, 15) is 0 Å². The van der Waals surface area contributed by atoms with Crippen LogP contribution >= 0.6 is 15.9 Å². The van der Waals surface area contributed by atoms with E-state index in [1.165, 1.54) is 0 Å². The van der Waals surface area contributed by atoms with Gasteiger partial charge in [0, 0.05) is 13.1 Å². The second-order valence-corrected chi connectivity index (χ2v) is 5.98. The molecule has 1 aliphatic rings. The second-order valence-electron chi connectivity index (χ2n) is 5.17. The molecule has 82 valence electrons. The number of hydrogen-bond acceptors (Lipinski definition) is 3. The molecule has 0 saturated carbocycles. The zero-order valence-electron chi connectivity index (χ0n) is 9.37. The molecular weight excluding hydrogens is 254 g/mol. The average Bonchev–Trinajstić information content (AvgIpc) is 2.03. The van der Waals surface area contributed by atoms with Crippen molar-refractivity contribution in [3.63, 3.8) is 0 Å². The smallest absolute Gasteiger partial charge is 0.147 e. The third kappa shape index (κ3) is 2.30. The molecule has 3 nitrogen and oxygen atoms in total. The van der Waals surface area contributed by atoms with Gasteiger partial charge in [-0.3, -0.25) is 0 Å². The van der Waals surface area contributed by atoms with Gasteiger partial charge in [0.2, 0.25) is 0 Å². The lowest BCUT2D eigenvalue weighted by Crippen LogP contribution is -2.52. The summed E-state index contributed by atoms with van der Waals surface area (Å²) in [5.41, 5.74) is 0.402. The topological polar surface area (TPSA) is 29.0 Å². The predicted molar refractivity (Wildman–Crippen MR) is 64.9 cm³/mol. The monoisotopic (exact) mass is 269 g/mol. The first kappa shape index (κ1) is 10.9. The quantitative estimate of drug-likeness (QED) is 0.785. The van der Waals surface area contributed by atoms with Crippen LogP contribution in [0.4, 0.5) is 5.82 Å². The maximum atomic E-state index is 4.33. The molecule has 15 heavy (non-hydrogen) atoms. The standard InChI is InChI=1S/C11H16BrN3/c1-11(2,3)8-6-15(7-8)10-5-13-9(12)4-14-10/h4-5,8H,6-7H2,1-3H3. The van der Waals surface area contributed by atoms with E-state index in [2.05, 4.69) is 51.6 Å². The van der Waals surface area contributed by atoms with Crippen LogP contribution in [0.25, 0.3) is 0 Å². The average molecular weight is 270 g/mol. The van der Waals surface area contributed by atoms with Crippen LogP contribution in [0.5, 0.6) is 0 Å². The van der Waals surface area contributed by atoms with Gasteiger partial charge in [-0.1, -0.05) is 20.8 Å². The van der Waals surface area contributed by atoms with Crippen LogP contribution in [0.3, 0.4) is 0 Å². The summed E-state index contributed by atoms with van der Waals surface area (Å²) < 4.78 is 0.791. The summed E-state index contributed by atoms with van der Waals surface area (Å²) >= 11 is 3.29. The number of hydrogen-bond donors (Lipinski definition) is 0. The van der Waals surface area contributed by atoms with Gasteiger partial charge >= 0.3 is 0 Å². The van der Waals surface area contributed by atoms with Crippen LogP contribution in [0, 0.1) is 11.3 Å². The Morgan fingerprint density at radius 1 is 1.27 bits per heavy atom. The fourth-order valence-corrected chi connectivity index (χ4v) is 1.89. The van der Waals surface area contributed by atoms with Gasteiger partial charge in [-0.25, -0.2) is 9.97 Å². The van der Waals surface area contributed by atoms with Gasteiger partial charge in [-0.2, -0.15) is 0 Å². The molecule has 1 aromatic rings. The largest absolute Gasteiger partial charge is 0.355 e. The molecule has 0 unspecified atom stereocenters. The molecule has 0 bridgehead atoms. The highest BCUT2D eigenvalue weighted by Gasteiger charge is 2.36. The summed E-state index contributed by atoms with van der Waals surface area (Å²) in [5.74, 6) is 1.75. The molecule has 4 heteroatoms. The van der Waals surface area contributed by atoms with Crippen molar-refractivity contribution in [1.29, 1.82) is 0 Å². The highest BCUT2D eigenvalue weighted by atomic mass is 79.9. The van der Waals surface area contributed by atoms with Crippen LogP contribution in [0.2, 0.25) is 0 Å². The molecule has 1 saturated heterocycles. The third-order valence-electron chi connectivity index (χ3n) is 3.04. The molecule has 0 radical (unpaired) electrons. The molecule has 0 amide bonds. The van der Waals surface area contributed by atoms with Crippen molar-refractivity contribution in [2.45, 2.75) is 20.8 Å². The molecule has 0 aliphatic carbocycles. The molecule has 1 aromatic heterocycles. The summed E-state index contributed by atoms with van der Waals surface area (Å²) in [7, 11) is 0. The first-order valence-electron chi connectivity index (χ1n) is 5.19. The van der Waals surface area contributed by atoms with E-state index in [0.717, 1.165) is 29.4 Å². The number of rotatable bonds is 1. The number of anilines is 1. The van der Waals surface area contributed by atoms with Crippen molar-refractivity contribution < 1.29 is 0 Å². The molecular formula is C11H16BrN3. The fraction of sp³-hybridized carbons (Fsp3) is 0.636. The van der Waals surface area contributed by atoms with E-state index < -0.39 is 0 Å². The van der Waals surface area contributed by atoms with E-state index >= 15 is 0 Å². The van der Waals surface area contributed by atoms with E-state index in [1.54, 1.807) is 6.20 Å². The Hall–Kier alpha value is -0.640. The maximum Gasteiger partial charge on any atom is 0.147 e. The second kappa shape index (κ2) is 3.74. The zero-order chi connectivity index (χ0) is 11.1. The fourth-order valence-electron chi connectivity index (χ4n) is 1.68. The van der Waals surface area contributed by atoms with Gasteiger partial charge in [-0.15, -0.1) is 0 Å². The zero-order valence-corrected chi connectivity index (χ0v) is 11.0. The lowest BCUT2D eigenvalue weighted by Gasteiger charge is -2.46. The van der Waals surface area contributed by atoms with Gasteiger partial charge in [0.05, 0.1) is 12.4 Å². The van der Waals surface area contributed by atoms with Crippen LogP contribution < -0.4 is 4.90 Å². The Bertz CT molecular complexity index is 336. The molecule has 1 fully saturated rings. The van der Waals surface area contributed by atoms with Crippen molar-refractivity contribution in [2.75, 3.05) is 18.0 Å². The van der Waals surface area contributed by atoms with Gasteiger partial charge in [0.25, 0.3) is 0 Å². The van der Waals surface area contributed by atoms with E-state index in [4.69, 9.17) is 0 Å². The predicted octanol–water partition coefficient (Wildman–Crippen LogP) is 2.72. The van der Waals surface area contributed by atoms with Crippen molar-refractivity contribution >= 4 is 21.7 Å². The van der Waals surface area contributed by atoms with Crippen LogP contribution in [0.1, 0.15) is 20.8 Å². The lowest BCUT2D eigenvalue weighted by molar-refractivity contribution is 0.194. The van der Waals surface area contributed by atoms with Crippen molar-refractivity contribution in [2.24, 2.45) is 11.3 Å². The van der Waals surface area contributed by atoms with Gasteiger partial charge < -0.3 is 4.90 Å².